The van der Waals surface area contributed by atoms with Crippen LogP contribution in [0.2, 0.25) is 0 Å². The van der Waals surface area contributed by atoms with Crippen molar-refractivity contribution in [2.75, 3.05) is 0 Å². The maximum Gasteiger partial charge on any atom is 0.463 e. The number of carbonyl (C=O) groups excluding carboxylic acids is 1. The highest BCUT2D eigenvalue weighted by Crippen LogP contribution is 2.36. The van der Waals surface area contributed by atoms with Gasteiger partial charge in [0.05, 0.1) is 0 Å². The maximum atomic E-state index is 12.7. The fraction of sp³-hybridized carbons (Fsp3) is 0.909. The highest BCUT2D eigenvalue weighted by atomic mass is 19.4. The molecule has 1 aliphatic rings. The topological polar surface area (TPSA) is 29.1 Å². The van der Waals surface area contributed by atoms with E-state index < -0.39 is 24.0 Å². The van der Waals surface area contributed by atoms with Crippen LogP contribution in [0.3, 0.4) is 0 Å². The lowest BCUT2D eigenvalue weighted by atomic mass is 9.80. The second kappa shape index (κ2) is 5.01. The highest BCUT2D eigenvalue weighted by Gasteiger charge is 2.63. The summed E-state index contributed by atoms with van der Waals surface area (Å²) in [7, 11) is 0. The van der Waals surface area contributed by atoms with Gasteiger partial charge in [0.1, 0.15) is 0 Å². The number of alkyl halides is 5. The molecule has 1 aliphatic carbocycles. The molecule has 106 valence electrons. The number of amides is 1. The summed E-state index contributed by atoms with van der Waals surface area (Å²) in [6.45, 7) is 3.77. The number of nitrogens with one attached hydrogen (secondary N) is 1. The minimum atomic E-state index is -5.84. The van der Waals surface area contributed by atoms with Crippen LogP contribution in [0.5, 0.6) is 0 Å². The molecule has 0 saturated heterocycles. The van der Waals surface area contributed by atoms with Gasteiger partial charge in [0.2, 0.25) is 0 Å². The van der Waals surface area contributed by atoms with Gasteiger partial charge in [-0.2, -0.15) is 22.0 Å². The van der Waals surface area contributed by atoms with Crippen molar-refractivity contribution < 1.29 is 26.7 Å². The first kappa shape index (κ1) is 15.2. The summed E-state index contributed by atoms with van der Waals surface area (Å²) in [6, 6.07) is -0.607. The van der Waals surface area contributed by atoms with Gasteiger partial charge in [-0.15, -0.1) is 0 Å². The van der Waals surface area contributed by atoms with Crippen LogP contribution >= 0.6 is 0 Å². The number of hydrogen-bond acceptors (Lipinski definition) is 1. The molecule has 0 aromatic rings. The number of halogens is 5. The second-order valence-corrected chi connectivity index (χ2v) is 5.16. The van der Waals surface area contributed by atoms with Gasteiger partial charge in [0, 0.05) is 6.04 Å². The molecule has 1 rings (SSSR count). The Bertz CT molecular complexity index is 305. The number of rotatable bonds is 2. The Balaban J connectivity index is 2.65. The van der Waals surface area contributed by atoms with Crippen molar-refractivity contribution in [3.05, 3.63) is 0 Å². The van der Waals surface area contributed by atoms with Gasteiger partial charge < -0.3 is 5.32 Å². The van der Waals surface area contributed by atoms with E-state index in [0.29, 0.717) is 12.8 Å². The maximum absolute atomic E-state index is 12.7. The van der Waals surface area contributed by atoms with Gasteiger partial charge in [-0.05, 0) is 31.1 Å². The van der Waals surface area contributed by atoms with Crippen molar-refractivity contribution in [3.8, 4) is 0 Å². The third-order valence-corrected chi connectivity index (χ3v) is 3.15. The summed E-state index contributed by atoms with van der Waals surface area (Å²) >= 11 is 0. The number of carbonyl (C=O) groups is 1. The van der Waals surface area contributed by atoms with Crippen LogP contribution in [0, 0.1) is 11.8 Å². The molecule has 2 atom stereocenters. The van der Waals surface area contributed by atoms with Gasteiger partial charge in [-0.3, -0.25) is 4.79 Å². The van der Waals surface area contributed by atoms with E-state index in [9.17, 15) is 26.7 Å². The lowest BCUT2D eigenvalue weighted by molar-refractivity contribution is -0.270. The molecule has 0 radical (unpaired) electrons. The monoisotopic (exact) mass is 273 g/mol. The fourth-order valence-electron chi connectivity index (χ4n) is 2.47. The molecule has 2 unspecified atom stereocenters. The first-order valence-electron chi connectivity index (χ1n) is 5.79. The zero-order valence-corrected chi connectivity index (χ0v) is 10.2. The molecule has 1 fully saturated rings. The van der Waals surface area contributed by atoms with E-state index in [4.69, 9.17) is 0 Å². The van der Waals surface area contributed by atoms with Crippen LogP contribution in [-0.2, 0) is 4.79 Å². The average Bonchev–Trinajstić information content (AvgIpc) is 2.13. The van der Waals surface area contributed by atoms with E-state index in [1.807, 2.05) is 19.2 Å². The summed E-state index contributed by atoms with van der Waals surface area (Å²) in [5.41, 5.74) is 0. The van der Waals surface area contributed by atoms with Gasteiger partial charge in [-0.25, -0.2) is 0 Å². The standard InChI is InChI=1S/C11H16F5NO/c1-6-3-7(2)5-8(4-6)17-9(18)10(12,13)11(14,15)16/h6-8H,3-5H2,1-2H3,(H,17,18). The minimum Gasteiger partial charge on any atom is -0.348 e. The third-order valence-electron chi connectivity index (χ3n) is 3.15. The van der Waals surface area contributed by atoms with Crippen molar-refractivity contribution >= 4 is 5.91 Å². The van der Waals surface area contributed by atoms with E-state index in [1.165, 1.54) is 0 Å². The molecule has 7 heteroatoms. The van der Waals surface area contributed by atoms with Crippen LogP contribution in [0.1, 0.15) is 33.1 Å². The van der Waals surface area contributed by atoms with E-state index in [-0.39, 0.29) is 11.8 Å². The van der Waals surface area contributed by atoms with E-state index >= 15 is 0 Å². The lowest BCUT2D eigenvalue weighted by Crippen LogP contribution is -2.54. The SMILES string of the molecule is CC1CC(C)CC(NC(=O)C(F)(F)C(F)(F)F)C1. The van der Waals surface area contributed by atoms with Crippen LogP contribution in [0.15, 0.2) is 0 Å². The quantitative estimate of drug-likeness (QED) is 0.769. The van der Waals surface area contributed by atoms with Crippen LogP contribution in [0.4, 0.5) is 22.0 Å². The first-order chi connectivity index (χ1) is 8.04. The van der Waals surface area contributed by atoms with Crippen molar-refractivity contribution in [1.29, 1.82) is 0 Å². The summed E-state index contributed by atoms with van der Waals surface area (Å²) in [6.07, 6.45) is -4.08. The summed E-state index contributed by atoms with van der Waals surface area (Å²) in [5, 5.41) is 1.82. The molecular weight excluding hydrogens is 257 g/mol. The fourth-order valence-corrected chi connectivity index (χ4v) is 2.47. The Morgan fingerprint density at radius 3 is 1.83 bits per heavy atom. The molecule has 0 bridgehead atoms. The highest BCUT2D eigenvalue weighted by molar-refractivity contribution is 5.84. The zero-order chi connectivity index (χ0) is 14.1. The molecule has 18 heavy (non-hydrogen) atoms. The Morgan fingerprint density at radius 2 is 1.44 bits per heavy atom. The Kier molecular flexibility index (Phi) is 4.23. The minimum absolute atomic E-state index is 0.207. The first-order valence-corrected chi connectivity index (χ1v) is 5.79. The molecule has 0 aliphatic heterocycles. The predicted molar refractivity (Wildman–Crippen MR) is 55.1 cm³/mol. The number of hydrogen-bond donors (Lipinski definition) is 1. The molecule has 1 N–H and O–H groups in total. The van der Waals surface area contributed by atoms with Crippen LogP contribution in [0.25, 0.3) is 0 Å². The molecule has 1 amide bonds. The third kappa shape index (κ3) is 3.32. The Labute approximate surface area is 102 Å². The largest absolute Gasteiger partial charge is 0.463 e. The molecular formula is C11H16F5NO. The van der Waals surface area contributed by atoms with Crippen molar-refractivity contribution in [2.45, 2.75) is 51.3 Å². The summed E-state index contributed by atoms with van der Waals surface area (Å²) in [4.78, 5) is 11.0. The summed E-state index contributed by atoms with van der Waals surface area (Å²) < 4.78 is 61.4. The molecule has 0 aromatic heterocycles. The van der Waals surface area contributed by atoms with Crippen molar-refractivity contribution in [2.24, 2.45) is 11.8 Å². The average molecular weight is 273 g/mol. The van der Waals surface area contributed by atoms with Crippen LogP contribution in [-0.4, -0.2) is 24.0 Å². The molecule has 1 saturated carbocycles. The summed E-state index contributed by atoms with van der Waals surface area (Å²) in [5.74, 6) is -7.16. The molecule has 0 spiro atoms. The van der Waals surface area contributed by atoms with Gasteiger partial charge in [0.25, 0.3) is 0 Å². The molecule has 2 nitrogen and oxygen atoms in total. The predicted octanol–water partition coefficient (Wildman–Crippen LogP) is 3.12. The van der Waals surface area contributed by atoms with Crippen molar-refractivity contribution in [1.82, 2.24) is 5.32 Å². The van der Waals surface area contributed by atoms with E-state index in [0.717, 1.165) is 6.42 Å². The van der Waals surface area contributed by atoms with Gasteiger partial charge in [-0.1, -0.05) is 13.8 Å². The van der Waals surface area contributed by atoms with Crippen LogP contribution < -0.4 is 5.32 Å². The zero-order valence-electron chi connectivity index (χ0n) is 10.2. The Hall–Kier alpha value is -0.880. The Morgan fingerprint density at radius 1 is 1.00 bits per heavy atom. The van der Waals surface area contributed by atoms with E-state index in [2.05, 4.69) is 0 Å². The van der Waals surface area contributed by atoms with Gasteiger partial charge in [0.15, 0.2) is 0 Å². The molecule has 0 heterocycles. The van der Waals surface area contributed by atoms with Crippen molar-refractivity contribution in [3.63, 3.8) is 0 Å². The van der Waals surface area contributed by atoms with Gasteiger partial charge >= 0.3 is 18.0 Å². The molecule has 0 aromatic carbocycles. The smallest absolute Gasteiger partial charge is 0.348 e. The second-order valence-electron chi connectivity index (χ2n) is 5.16. The van der Waals surface area contributed by atoms with E-state index in [1.54, 1.807) is 0 Å². The normalized spacial score (nSPS) is 30.1. The lowest BCUT2D eigenvalue weighted by Gasteiger charge is -2.33.